The van der Waals surface area contributed by atoms with Crippen LogP contribution in [0.2, 0.25) is 0 Å². The summed E-state index contributed by atoms with van der Waals surface area (Å²) in [7, 11) is 1.99. The van der Waals surface area contributed by atoms with Gasteiger partial charge in [0.25, 0.3) is 0 Å². The molecule has 3 N–H and O–H groups in total. The first-order chi connectivity index (χ1) is 15.2. The van der Waals surface area contributed by atoms with Gasteiger partial charge in [0.1, 0.15) is 11.3 Å². The van der Waals surface area contributed by atoms with Crippen LogP contribution in [0.4, 0.5) is 5.82 Å². The Bertz CT molecular complexity index is 1480. The third-order valence-electron chi connectivity index (χ3n) is 5.50. The van der Waals surface area contributed by atoms with Gasteiger partial charge in [0.05, 0.1) is 28.8 Å². The van der Waals surface area contributed by atoms with Gasteiger partial charge >= 0.3 is 0 Å². The molecule has 0 aromatic carbocycles. The van der Waals surface area contributed by atoms with Gasteiger partial charge in [-0.3, -0.25) is 5.10 Å². The summed E-state index contributed by atoms with van der Waals surface area (Å²) in [5, 5.41) is 15.0. The van der Waals surface area contributed by atoms with Crippen molar-refractivity contribution < 1.29 is 0 Å². The Kier molecular flexibility index (Phi) is 3.90. The molecule has 8 nitrogen and oxygen atoms in total. The minimum atomic E-state index is 0.658. The zero-order chi connectivity index (χ0) is 20.9. The number of pyridine rings is 1. The van der Waals surface area contributed by atoms with Crippen LogP contribution < -0.4 is 5.32 Å². The van der Waals surface area contributed by atoms with Crippen molar-refractivity contribution in [3.05, 3.63) is 70.6 Å². The molecule has 6 rings (SSSR count). The van der Waals surface area contributed by atoms with Gasteiger partial charge in [0.15, 0.2) is 17.3 Å². The number of imidazole rings is 2. The van der Waals surface area contributed by atoms with Gasteiger partial charge in [-0.05, 0) is 47.5 Å². The summed E-state index contributed by atoms with van der Waals surface area (Å²) in [5.41, 5.74) is 7.24. The van der Waals surface area contributed by atoms with Crippen LogP contribution in [0, 0.1) is 6.92 Å². The van der Waals surface area contributed by atoms with Crippen LogP contribution in [0.3, 0.4) is 0 Å². The highest BCUT2D eigenvalue weighted by atomic mass is 32.1. The average Bonchev–Trinajstić information content (AvgIpc) is 3.56. The third-order valence-corrected chi connectivity index (χ3v) is 6.18. The molecule has 1 aliphatic heterocycles. The number of nitrogens with one attached hydrogen (secondary N) is 3. The zero-order valence-corrected chi connectivity index (χ0v) is 17.7. The Labute approximate surface area is 181 Å². The second-order valence-electron chi connectivity index (χ2n) is 7.32. The first-order valence-corrected chi connectivity index (χ1v) is 10.7. The highest BCUT2D eigenvalue weighted by Crippen LogP contribution is 2.34. The number of aromatic nitrogens is 7. The number of aryl methyl sites for hydroxylation is 1. The van der Waals surface area contributed by atoms with Crippen LogP contribution >= 0.6 is 11.3 Å². The number of anilines is 1. The van der Waals surface area contributed by atoms with E-state index in [-0.39, 0.29) is 0 Å². The van der Waals surface area contributed by atoms with E-state index in [1.165, 1.54) is 0 Å². The summed E-state index contributed by atoms with van der Waals surface area (Å²) in [6.45, 7) is 1.97. The normalized spacial score (nSPS) is 13.2. The van der Waals surface area contributed by atoms with Gasteiger partial charge in [0.2, 0.25) is 0 Å². The van der Waals surface area contributed by atoms with Crippen molar-refractivity contribution in [2.24, 2.45) is 7.05 Å². The van der Waals surface area contributed by atoms with Crippen LogP contribution in [-0.2, 0) is 7.05 Å². The van der Waals surface area contributed by atoms with Crippen LogP contribution in [0.1, 0.15) is 17.1 Å². The summed E-state index contributed by atoms with van der Waals surface area (Å²) in [4.78, 5) is 17.5. The minimum absolute atomic E-state index is 0.658. The number of hydrogen-bond donors (Lipinski definition) is 3. The number of aromatic amines is 2. The van der Waals surface area contributed by atoms with Crippen LogP contribution in [0.15, 0.2) is 53.5 Å². The van der Waals surface area contributed by atoms with E-state index in [2.05, 4.69) is 48.4 Å². The molecule has 9 heteroatoms. The monoisotopic (exact) mass is 426 g/mol. The third kappa shape index (κ3) is 2.82. The average molecular weight is 427 g/mol. The number of hydrogen-bond acceptors (Lipinski definition) is 6. The number of fused-ring (bicyclic) bond motifs is 2. The minimum Gasteiger partial charge on any atom is -0.345 e. The van der Waals surface area contributed by atoms with Crippen molar-refractivity contribution in [1.82, 2.24) is 34.7 Å². The Hall–Kier alpha value is -3.98. The van der Waals surface area contributed by atoms with Gasteiger partial charge in [-0.2, -0.15) is 16.4 Å². The van der Waals surface area contributed by atoms with Crippen LogP contribution in [0.25, 0.3) is 39.5 Å². The molecule has 5 aromatic rings. The highest BCUT2D eigenvalue weighted by Gasteiger charge is 2.21. The Morgan fingerprint density at radius 3 is 2.87 bits per heavy atom. The SMILES string of the molecule is Cc1ncc(-c2ccc3[nH]nc(-c4nc5c([nH]4)C(c4ccsc4)=CC=CN5)c3n2)n1C. The molecule has 0 fully saturated rings. The maximum atomic E-state index is 4.89. The van der Waals surface area contributed by atoms with E-state index in [1.54, 1.807) is 11.3 Å². The predicted molar refractivity (Wildman–Crippen MR) is 123 cm³/mol. The Morgan fingerprint density at radius 2 is 2.06 bits per heavy atom. The quantitative estimate of drug-likeness (QED) is 0.395. The maximum absolute atomic E-state index is 4.89. The van der Waals surface area contributed by atoms with Gasteiger partial charge in [-0.15, -0.1) is 0 Å². The smallest absolute Gasteiger partial charge is 0.163 e. The lowest BCUT2D eigenvalue weighted by Gasteiger charge is -2.03. The van der Waals surface area contributed by atoms with Crippen molar-refractivity contribution in [3.8, 4) is 22.9 Å². The van der Waals surface area contributed by atoms with Crippen molar-refractivity contribution in [3.63, 3.8) is 0 Å². The summed E-state index contributed by atoms with van der Waals surface area (Å²) >= 11 is 1.67. The molecule has 0 spiro atoms. The fourth-order valence-corrected chi connectivity index (χ4v) is 4.40. The maximum Gasteiger partial charge on any atom is 0.163 e. The molecule has 0 unspecified atom stereocenters. The number of H-pyrrole nitrogens is 2. The molecule has 0 aliphatic carbocycles. The van der Waals surface area contributed by atoms with Gasteiger partial charge in [-0.1, -0.05) is 6.08 Å². The molecule has 0 saturated carbocycles. The molecule has 6 heterocycles. The van der Waals surface area contributed by atoms with E-state index in [0.717, 1.165) is 50.9 Å². The molecule has 1 aliphatic rings. The van der Waals surface area contributed by atoms with E-state index in [1.807, 2.05) is 49.1 Å². The van der Waals surface area contributed by atoms with Gasteiger partial charge in [0, 0.05) is 18.8 Å². The Morgan fingerprint density at radius 1 is 1.13 bits per heavy atom. The van der Waals surface area contributed by atoms with E-state index >= 15 is 0 Å². The zero-order valence-electron chi connectivity index (χ0n) is 16.8. The second-order valence-corrected chi connectivity index (χ2v) is 8.10. The molecule has 152 valence electrons. The van der Waals surface area contributed by atoms with E-state index < -0.39 is 0 Å². The molecule has 0 saturated heterocycles. The Balaban J connectivity index is 1.49. The molecule has 5 aromatic heterocycles. The lowest BCUT2D eigenvalue weighted by atomic mass is 10.1. The largest absolute Gasteiger partial charge is 0.345 e. The van der Waals surface area contributed by atoms with Gasteiger partial charge in [-0.25, -0.2) is 15.0 Å². The number of rotatable bonds is 3. The lowest BCUT2D eigenvalue weighted by Crippen LogP contribution is -1.96. The first kappa shape index (κ1) is 17.8. The molecule has 0 bridgehead atoms. The summed E-state index contributed by atoms with van der Waals surface area (Å²) in [5.74, 6) is 2.35. The number of thiophene rings is 1. The van der Waals surface area contributed by atoms with E-state index in [9.17, 15) is 0 Å². The molecular formula is C22H18N8S. The molecule has 0 atom stereocenters. The molecule has 31 heavy (non-hydrogen) atoms. The number of nitrogens with zero attached hydrogens (tertiary/aromatic N) is 5. The molecule has 0 amide bonds. The molecular weight excluding hydrogens is 408 g/mol. The predicted octanol–water partition coefficient (Wildman–Crippen LogP) is 4.49. The van der Waals surface area contributed by atoms with Crippen molar-refractivity contribution in [2.45, 2.75) is 6.92 Å². The fraction of sp³-hybridized carbons (Fsp3) is 0.0909. The molecule has 0 radical (unpaired) electrons. The fourth-order valence-electron chi connectivity index (χ4n) is 3.74. The van der Waals surface area contributed by atoms with Crippen LogP contribution in [0.5, 0.6) is 0 Å². The topological polar surface area (TPSA) is 100 Å². The van der Waals surface area contributed by atoms with Gasteiger partial charge < -0.3 is 14.9 Å². The van der Waals surface area contributed by atoms with Crippen molar-refractivity contribution >= 4 is 33.8 Å². The van der Waals surface area contributed by atoms with E-state index in [4.69, 9.17) is 9.97 Å². The number of allylic oxidation sites excluding steroid dienone is 2. The standard InChI is InChI=1S/C22H18N8S/c1-12-24-10-17(30(12)2)15-5-6-16-19(25-15)20(29-28-16)22-26-18-14(13-7-9-31-11-13)4-3-8-23-21(18)27-22/h3-11,23H,1-2H3,(H,26,27)(H,28,29). The highest BCUT2D eigenvalue weighted by molar-refractivity contribution is 7.08. The first-order valence-electron chi connectivity index (χ1n) is 9.79. The second kappa shape index (κ2) is 6.78. The van der Waals surface area contributed by atoms with Crippen molar-refractivity contribution in [1.29, 1.82) is 0 Å². The van der Waals surface area contributed by atoms with Crippen LogP contribution in [-0.4, -0.2) is 34.7 Å². The van der Waals surface area contributed by atoms with E-state index in [0.29, 0.717) is 11.5 Å². The summed E-state index contributed by atoms with van der Waals surface area (Å²) < 4.78 is 2.03. The summed E-state index contributed by atoms with van der Waals surface area (Å²) in [6, 6.07) is 6.07. The van der Waals surface area contributed by atoms with Crippen molar-refractivity contribution in [2.75, 3.05) is 5.32 Å². The lowest BCUT2D eigenvalue weighted by molar-refractivity contribution is 0.862. The summed E-state index contributed by atoms with van der Waals surface area (Å²) in [6.07, 6.45) is 7.78.